The highest BCUT2D eigenvalue weighted by Gasteiger charge is 2.30. The van der Waals surface area contributed by atoms with Gasteiger partial charge in [-0.25, -0.2) is 0 Å². The molecule has 2 rings (SSSR count). The lowest BCUT2D eigenvalue weighted by molar-refractivity contribution is 0.549. The number of benzene rings is 1. The van der Waals surface area contributed by atoms with Crippen molar-refractivity contribution in [1.82, 2.24) is 5.32 Å². The van der Waals surface area contributed by atoms with Gasteiger partial charge in [0, 0.05) is 30.4 Å². The first kappa shape index (κ1) is 16.1. The van der Waals surface area contributed by atoms with E-state index in [2.05, 4.69) is 76.0 Å². The molecule has 2 heteroatoms. The van der Waals surface area contributed by atoms with E-state index in [0.29, 0.717) is 6.04 Å². The van der Waals surface area contributed by atoms with Crippen molar-refractivity contribution in [2.45, 2.75) is 66.1 Å². The zero-order valence-electron chi connectivity index (χ0n) is 14.5. The molecule has 0 aliphatic carbocycles. The van der Waals surface area contributed by atoms with Gasteiger partial charge in [-0.3, -0.25) is 0 Å². The molecule has 0 atom stereocenters. The third kappa shape index (κ3) is 3.49. The van der Waals surface area contributed by atoms with Crippen molar-refractivity contribution in [3.8, 4) is 0 Å². The third-order valence-corrected chi connectivity index (χ3v) is 4.20. The smallest absolute Gasteiger partial charge is 0.0534 e. The number of rotatable bonds is 5. The lowest BCUT2D eigenvalue weighted by atomic mass is 9.88. The van der Waals surface area contributed by atoms with E-state index >= 15 is 0 Å². The predicted octanol–water partition coefficient (Wildman–Crippen LogP) is 4.60. The van der Waals surface area contributed by atoms with E-state index in [1.54, 1.807) is 0 Å². The summed E-state index contributed by atoms with van der Waals surface area (Å²) in [6, 6.07) is 7.45. The minimum Gasteiger partial charge on any atom is -0.362 e. The Hall–Kier alpha value is -1.28. The van der Waals surface area contributed by atoms with Crippen LogP contribution in [0.3, 0.4) is 0 Å². The maximum absolute atomic E-state index is 3.50. The van der Waals surface area contributed by atoms with Crippen molar-refractivity contribution >= 4 is 11.3 Å². The highest BCUT2D eigenvalue weighted by atomic mass is 15.2. The third-order valence-electron chi connectivity index (χ3n) is 4.20. The topological polar surface area (TPSA) is 15.3 Å². The van der Waals surface area contributed by atoms with Crippen LogP contribution in [0, 0.1) is 0 Å². The first-order chi connectivity index (χ1) is 9.85. The van der Waals surface area contributed by atoms with E-state index in [1.807, 2.05) is 0 Å². The van der Waals surface area contributed by atoms with Crippen LogP contribution in [-0.2, 0) is 6.54 Å². The second kappa shape index (κ2) is 6.23. The number of hydrogen-bond donors (Lipinski definition) is 1. The Morgan fingerprint density at radius 1 is 1.24 bits per heavy atom. The summed E-state index contributed by atoms with van der Waals surface area (Å²) in [5.74, 6) is 0. The maximum Gasteiger partial charge on any atom is 0.0534 e. The van der Waals surface area contributed by atoms with Gasteiger partial charge in [0.25, 0.3) is 0 Å². The molecule has 0 fully saturated rings. The van der Waals surface area contributed by atoms with Crippen LogP contribution in [0.5, 0.6) is 0 Å². The quantitative estimate of drug-likeness (QED) is 0.851. The molecule has 1 heterocycles. The number of nitrogens with zero attached hydrogens (tertiary/aromatic N) is 1. The molecule has 0 aromatic heterocycles. The molecular weight excluding hydrogens is 256 g/mol. The summed E-state index contributed by atoms with van der Waals surface area (Å²) >= 11 is 0. The Kier molecular flexibility index (Phi) is 4.77. The van der Waals surface area contributed by atoms with Gasteiger partial charge in [-0.15, -0.1) is 0 Å². The van der Waals surface area contributed by atoms with Crippen LogP contribution in [0.15, 0.2) is 24.3 Å². The van der Waals surface area contributed by atoms with E-state index in [0.717, 1.165) is 13.1 Å². The molecule has 1 aromatic rings. The summed E-state index contributed by atoms with van der Waals surface area (Å²) < 4.78 is 0. The van der Waals surface area contributed by atoms with Crippen molar-refractivity contribution in [3.05, 3.63) is 35.4 Å². The summed E-state index contributed by atoms with van der Waals surface area (Å²) in [6.07, 6.45) is 3.58. The Balaban J connectivity index is 2.36. The Morgan fingerprint density at radius 3 is 2.57 bits per heavy atom. The van der Waals surface area contributed by atoms with Gasteiger partial charge < -0.3 is 10.2 Å². The summed E-state index contributed by atoms with van der Waals surface area (Å²) in [6.45, 7) is 15.5. The van der Waals surface area contributed by atoms with Crippen molar-refractivity contribution in [3.63, 3.8) is 0 Å². The normalized spacial score (nSPS) is 16.9. The van der Waals surface area contributed by atoms with Gasteiger partial charge >= 0.3 is 0 Å². The second-order valence-corrected chi connectivity index (χ2v) is 7.02. The minimum absolute atomic E-state index is 0.102. The second-order valence-electron chi connectivity index (χ2n) is 7.02. The minimum atomic E-state index is 0.102. The molecular formula is C19H30N2. The fourth-order valence-corrected chi connectivity index (χ4v) is 3.19. The Labute approximate surface area is 130 Å². The monoisotopic (exact) mass is 286 g/mol. The molecule has 1 aliphatic rings. The van der Waals surface area contributed by atoms with Gasteiger partial charge in [0.2, 0.25) is 0 Å². The Bertz CT molecular complexity index is 526. The van der Waals surface area contributed by atoms with E-state index in [4.69, 9.17) is 0 Å². The molecule has 21 heavy (non-hydrogen) atoms. The summed E-state index contributed by atoms with van der Waals surface area (Å²) in [7, 11) is 0. The fraction of sp³-hybridized carbons (Fsp3) is 0.579. The largest absolute Gasteiger partial charge is 0.362 e. The molecule has 0 unspecified atom stereocenters. The average Bonchev–Trinajstić information content (AvgIpc) is 2.40. The van der Waals surface area contributed by atoms with Crippen molar-refractivity contribution in [2.75, 3.05) is 11.4 Å². The van der Waals surface area contributed by atoms with Crippen LogP contribution >= 0.6 is 0 Å². The van der Waals surface area contributed by atoms with Crippen LogP contribution in [0.2, 0.25) is 0 Å². The summed E-state index contributed by atoms with van der Waals surface area (Å²) in [4.78, 5) is 2.54. The van der Waals surface area contributed by atoms with Gasteiger partial charge in [0.15, 0.2) is 0 Å². The van der Waals surface area contributed by atoms with Crippen molar-refractivity contribution < 1.29 is 0 Å². The average molecular weight is 286 g/mol. The number of allylic oxidation sites excluding steroid dienone is 1. The van der Waals surface area contributed by atoms with Gasteiger partial charge in [-0.05, 0) is 50.5 Å². The molecule has 1 N–H and O–H groups in total. The lowest BCUT2D eigenvalue weighted by Gasteiger charge is -2.43. The van der Waals surface area contributed by atoms with Crippen molar-refractivity contribution in [1.29, 1.82) is 0 Å². The van der Waals surface area contributed by atoms with Gasteiger partial charge in [0.05, 0.1) is 5.54 Å². The zero-order valence-corrected chi connectivity index (χ0v) is 14.5. The van der Waals surface area contributed by atoms with Crippen LogP contribution < -0.4 is 10.2 Å². The highest BCUT2D eigenvalue weighted by molar-refractivity contribution is 5.81. The molecule has 2 nitrogen and oxygen atoms in total. The van der Waals surface area contributed by atoms with E-state index < -0.39 is 0 Å². The van der Waals surface area contributed by atoms with E-state index in [-0.39, 0.29) is 5.54 Å². The first-order valence-electron chi connectivity index (χ1n) is 8.19. The lowest BCUT2D eigenvalue weighted by Crippen LogP contribution is -2.45. The number of anilines is 1. The van der Waals surface area contributed by atoms with Gasteiger partial charge in [-0.2, -0.15) is 0 Å². The van der Waals surface area contributed by atoms with E-state index in [9.17, 15) is 0 Å². The molecule has 0 bridgehead atoms. The molecule has 116 valence electrons. The van der Waals surface area contributed by atoms with Crippen molar-refractivity contribution in [2.24, 2.45) is 0 Å². The summed E-state index contributed by atoms with van der Waals surface area (Å²) in [5, 5.41) is 3.50. The Morgan fingerprint density at radius 2 is 1.95 bits per heavy atom. The SMILES string of the molecule is CCCN1c2ccc(CNC(C)C)cc2C(C)=CC1(C)C. The highest BCUT2D eigenvalue weighted by Crippen LogP contribution is 2.39. The molecule has 0 saturated heterocycles. The molecule has 0 saturated carbocycles. The predicted molar refractivity (Wildman–Crippen MR) is 93.8 cm³/mol. The first-order valence-corrected chi connectivity index (χ1v) is 8.19. The van der Waals surface area contributed by atoms with E-state index in [1.165, 1.54) is 28.8 Å². The molecule has 1 aliphatic heterocycles. The molecule has 0 amide bonds. The van der Waals surface area contributed by atoms with Crippen LogP contribution in [-0.4, -0.2) is 18.1 Å². The van der Waals surface area contributed by atoms with Crippen LogP contribution in [0.25, 0.3) is 5.57 Å². The van der Waals surface area contributed by atoms with Gasteiger partial charge in [0.1, 0.15) is 0 Å². The zero-order chi connectivity index (χ0) is 15.6. The van der Waals surface area contributed by atoms with Crippen LogP contribution in [0.4, 0.5) is 5.69 Å². The maximum atomic E-state index is 3.50. The fourth-order valence-electron chi connectivity index (χ4n) is 3.19. The van der Waals surface area contributed by atoms with Crippen LogP contribution in [0.1, 0.15) is 59.1 Å². The number of fused-ring (bicyclic) bond motifs is 1. The molecule has 0 radical (unpaired) electrons. The number of hydrogen-bond acceptors (Lipinski definition) is 2. The summed E-state index contributed by atoms with van der Waals surface area (Å²) in [5.41, 5.74) is 5.64. The molecule has 0 spiro atoms. The van der Waals surface area contributed by atoms with Gasteiger partial charge in [-0.1, -0.05) is 32.9 Å². The standard InChI is InChI=1S/C19H30N2/c1-7-10-21-18-9-8-16(13-20-14(2)3)11-17(18)15(4)12-19(21,5)6/h8-9,11-12,14,20H,7,10,13H2,1-6H3. The number of nitrogens with one attached hydrogen (secondary N) is 1. The molecule has 1 aromatic carbocycles.